The van der Waals surface area contributed by atoms with Crippen LogP contribution in [0.2, 0.25) is 0 Å². The first-order chi connectivity index (χ1) is 8.69. The number of carbonyl (C=O) groups excluding carboxylic acids is 1. The molecule has 0 aliphatic carbocycles. The van der Waals surface area contributed by atoms with Crippen molar-refractivity contribution in [1.29, 1.82) is 0 Å². The Kier molecular flexibility index (Phi) is 7.28. The molecule has 0 bridgehead atoms. The molecule has 2 N–H and O–H groups in total. The van der Waals surface area contributed by atoms with E-state index in [2.05, 4.69) is 12.2 Å². The van der Waals surface area contributed by atoms with Gasteiger partial charge in [0.25, 0.3) is 0 Å². The van der Waals surface area contributed by atoms with Crippen molar-refractivity contribution >= 4 is 5.91 Å². The van der Waals surface area contributed by atoms with E-state index in [-0.39, 0.29) is 18.6 Å². The van der Waals surface area contributed by atoms with Gasteiger partial charge in [0, 0.05) is 19.7 Å². The molecule has 106 valence electrons. The highest BCUT2D eigenvalue weighted by atomic mass is 16.3. The van der Waals surface area contributed by atoms with Crippen LogP contribution in [-0.4, -0.2) is 48.2 Å². The third kappa shape index (κ3) is 4.94. The highest BCUT2D eigenvalue weighted by molar-refractivity contribution is 5.81. The molecule has 18 heavy (non-hydrogen) atoms. The Hall–Kier alpha value is -0.610. The summed E-state index contributed by atoms with van der Waals surface area (Å²) in [5, 5.41) is 12.3. The summed E-state index contributed by atoms with van der Waals surface area (Å²) in [6, 6.07) is -0.101. The molecule has 2 unspecified atom stereocenters. The van der Waals surface area contributed by atoms with E-state index in [1.54, 1.807) is 0 Å². The van der Waals surface area contributed by atoms with Crippen molar-refractivity contribution in [3.63, 3.8) is 0 Å². The van der Waals surface area contributed by atoms with Crippen LogP contribution in [0.1, 0.15) is 46.0 Å². The number of piperidine rings is 1. The molecule has 0 aromatic rings. The van der Waals surface area contributed by atoms with Gasteiger partial charge in [0.1, 0.15) is 0 Å². The van der Waals surface area contributed by atoms with Gasteiger partial charge in [-0.2, -0.15) is 0 Å². The third-order valence-corrected chi connectivity index (χ3v) is 3.87. The summed E-state index contributed by atoms with van der Waals surface area (Å²) in [6.45, 7) is 6.95. The van der Waals surface area contributed by atoms with Crippen LogP contribution in [-0.2, 0) is 4.79 Å². The fraction of sp³-hybridized carbons (Fsp3) is 0.929. The lowest BCUT2D eigenvalue weighted by Gasteiger charge is -2.30. The molecule has 4 heteroatoms. The van der Waals surface area contributed by atoms with E-state index in [1.807, 2.05) is 11.8 Å². The normalized spacial score (nSPS) is 19.6. The van der Waals surface area contributed by atoms with Gasteiger partial charge >= 0.3 is 0 Å². The first-order valence-corrected chi connectivity index (χ1v) is 7.32. The SMILES string of the molecule is CCC(CCO)CNC(C)C(=O)N1CCCCC1. The second kappa shape index (κ2) is 8.48. The van der Waals surface area contributed by atoms with Gasteiger partial charge in [-0.25, -0.2) is 0 Å². The van der Waals surface area contributed by atoms with Crippen molar-refractivity contribution in [3.8, 4) is 0 Å². The molecule has 0 aromatic carbocycles. The molecule has 1 fully saturated rings. The predicted octanol–water partition coefficient (Wildman–Crippen LogP) is 1.39. The molecule has 1 aliphatic heterocycles. The first-order valence-electron chi connectivity index (χ1n) is 7.32. The molecule has 0 saturated carbocycles. The molecule has 2 atom stereocenters. The van der Waals surface area contributed by atoms with Crippen LogP contribution in [0.15, 0.2) is 0 Å². The molecule has 1 aliphatic rings. The summed E-state index contributed by atoms with van der Waals surface area (Å²) >= 11 is 0. The van der Waals surface area contributed by atoms with Gasteiger partial charge in [-0.05, 0) is 45.1 Å². The van der Waals surface area contributed by atoms with Crippen molar-refractivity contribution in [2.45, 2.75) is 52.0 Å². The first kappa shape index (κ1) is 15.4. The average Bonchev–Trinajstić information content (AvgIpc) is 2.43. The summed E-state index contributed by atoms with van der Waals surface area (Å²) in [5.41, 5.74) is 0. The van der Waals surface area contributed by atoms with Crippen molar-refractivity contribution in [3.05, 3.63) is 0 Å². The smallest absolute Gasteiger partial charge is 0.239 e. The molecule has 1 rings (SSSR count). The number of nitrogens with zero attached hydrogens (tertiary/aromatic N) is 1. The van der Waals surface area contributed by atoms with Gasteiger partial charge in [-0.3, -0.25) is 4.79 Å². The molecular weight excluding hydrogens is 228 g/mol. The summed E-state index contributed by atoms with van der Waals surface area (Å²) in [5.74, 6) is 0.695. The Balaban J connectivity index is 2.29. The van der Waals surface area contributed by atoms with Crippen molar-refractivity contribution in [2.75, 3.05) is 26.2 Å². The molecule has 1 saturated heterocycles. The zero-order valence-corrected chi connectivity index (χ0v) is 11.8. The van der Waals surface area contributed by atoms with Crippen LogP contribution in [0.25, 0.3) is 0 Å². The number of hydrogen-bond donors (Lipinski definition) is 2. The lowest BCUT2D eigenvalue weighted by molar-refractivity contribution is -0.133. The number of nitrogens with one attached hydrogen (secondary N) is 1. The van der Waals surface area contributed by atoms with Crippen molar-refractivity contribution < 1.29 is 9.90 Å². The van der Waals surface area contributed by atoms with Gasteiger partial charge in [0.2, 0.25) is 5.91 Å². The zero-order valence-electron chi connectivity index (χ0n) is 11.8. The lowest BCUT2D eigenvalue weighted by atomic mass is 10.0. The van der Waals surface area contributed by atoms with Gasteiger partial charge in [-0.15, -0.1) is 0 Å². The van der Waals surface area contributed by atoms with E-state index < -0.39 is 0 Å². The fourth-order valence-electron chi connectivity index (χ4n) is 2.45. The van der Waals surface area contributed by atoms with E-state index in [4.69, 9.17) is 5.11 Å². The van der Waals surface area contributed by atoms with Crippen LogP contribution < -0.4 is 5.32 Å². The summed E-state index contributed by atoms with van der Waals surface area (Å²) in [7, 11) is 0. The van der Waals surface area contributed by atoms with Crippen LogP contribution in [0.3, 0.4) is 0 Å². The maximum Gasteiger partial charge on any atom is 0.239 e. The Morgan fingerprint density at radius 1 is 1.33 bits per heavy atom. The zero-order chi connectivity index (χ0) is 13.4. The van der Waals surface area contributed by atoms with Crippen LogP contribution in [0.4, 0.5) is 0 Å². The molecule has 4 nitrogen and oxygen atoms in total. The quantitative estimate of drug-likeness (QED) is 0.723. The Morgan fingerprint density at radius 3 is 2.56 bits per heavy atom. The van der Waals surface area contributed by atoms with E-state index in [0.29, 0.717) is 5.92 Å². The minimum absolute atomic E-state index is 0.101. The summed E-state index contributed by atoms with van der Waals surface area (Å²) in [4.78, 5) is 14.2. The van der Waals surface area contributed by atoms with Crippen LogP contribution >= 0.6 is 0 Å². The largest absolute Gasteiger partial charge is 0.396 e. The number of hydrogen-bond acceptors (Lipinski definition) is 3. The second-order valence-electron chi connectivity index (χ2n) is 5.30. The van der Waals surface area contributed by atoms with Crippen molar-refractivity contribution in [2.24, 2.45) is 5.92 Å². The van der Waals surface area contributed by atoms with E-state index in [9.17, 15) is 4.79 Å². The summed E-state index contributed by atoms with van der Waals surface area (Å²) < 4.78 is 0. The van der Waals surface area contributed by atoms with E-state index in [1.165, 1.54) is 6.42 Å². The maximum atomic E-state index is 12.2. The minimum Gasteiger partial charge on any atom is -0.396 e. The minimum atomic E-state index is -0.101. The molecular formula is C14H28N2O2. The fourth-order valence-corrected chi connectivity index (χ4v) is 2.45. The number of carbonyl (C=O) groups is 1. The number of rotatable bonds is 7. The van der Waals surface area contributed by atoms with Crippen molar-refractivity contribution in [1.82, 2.24) is 10.2 Å². The summed E-state index contributed by atoms with van der Waals surface area (Å²) in [6.07, 6.45) is 5.38. The van der Waals surface area contributed by atoms with E-state index >= 15 is 0 Å². The van der Waals surface area contributed by atoms with Crippen LogP contribution in [0, 0.1) is 5.92 Å². The highest BCUT2D eigenvalue weighted by Gasteiger charge is 2.22. The highest BCUT2D eigenvalue weighted by Crippen LogP contribution is 2.11. The molecule has 0 spiro atoms. The number of aliphatic hydroxyl groups is 1. The van der Waals surface area contributed by atoms with Crippen LogP contribution in [0.5, 0.6) is 0 Å². The number of aliphatic hydroxyl groups excluding tert-OH is 1. The monoisotopic (exact) mass is 256 g/mol. The average molecular weight is 256 g/mol. The number of likely N-dealkylation sites (tertiary alicyclic amines) is 1. The molecule has 1 heterocycles. The van der Waals surface area contributed by atoms with Gasteiger partial charge < -0.3 is 15.3 Å². The topological polar surface area (TPSA) is 52.6 Å². The van der Waals surface area contributed by atoms with E-state index in [0.717, 1.165) is 45.3 Å². The predicted molar refractivity (Wildman–Crippen MR) is 73.4 cm³/mol. The standard InChI is InChI=1S/C14H28N2O2/c1-3-13(7-10-17)11-15-12(2)14(18)16-8-5-4-6-9-16/h12-13,15,17H,3-11H2,1-2H3. The van der Waals surface area contributed by atoms with Gasteiger partial charge in [0.15, 0.2) is 0 Å². The maximum absolute atomic E-state index is 12.2. The lowest BCUT2D eigenvalue weighted by Crippen LogP contribution is -2.47. The van der Waals surface area contributed by atoms with Gasteiger partial charge in [-0.1, -0.05) is 13.3 Å². The number of amides is 1. The molecule has 0 aromatic heterocycles. The third-order valence-electron chi connectivity index (χ3n) is 3.87. The second-order valence-corrected chi connectivity index (χ2v) is 5.30. The Morgan fingerprint density at radius 2 is 2.00 bits per heavy atom. The molecule has 0 radical (unpaired) electrons. The van der Waals surface area contributed by atoms with Gasteiger partial charge in [0.05, 0.1) is 6.04 Å². The Bertz CT molecular complexity index is 240. The Labute approximate surface area is 111 Å². The molecule has 1 amide bonds.